The Balaban J connectivity index is 1.27. The lowest BCUT2D eigenvalue weighted by molar-refractivity contribution is -0.123. The van der Waals surface area contributed by atoms with Crippen molar-refractivity contribution in [2.75, 3.05) is 50.9 Å². The van der Waals surface area contributed by atoms with Crippen LogP contribution in [0.5, 0.6) is 11.5 Å². The molecule has 1 saturated heterocycles. The van der Waals surface area contributed by atoms with Gasteiger partial charge in [-0.25, -0.2) is 4.79 Å². The smallest absolute Gasteiger partial charge is 0.349 e. The van der Waals surface area contributed by atoms with Crippen molar-refractivity contribution in [3.8, 4) is 11.5 Å². The standard InChI is InChI=1S/C29H33N3O8/c1-4-32(5-2)20-7-6-19-12-24(29(36)40-25(19)13-20)28(35)31-11-10-30-27(34)17-39-26-14-21(37-15-22-16-38-22)8-9-23(26)18(3)33/h6-9,12-14,22H,4-5,10-11,15-17H2,1-3H3,(H,30,34)(H,31,35). The molecule has 1 aromatic heterocycles. The van der Waals surface area contributed by atoms with Gasteiger partial charge in [0.15, 0.2) is 12.4 Å². The molecule has 2 N–H and O–H groups in total. The molecular weight excluding hydrogens is 518 g/mol. The van der Waals surface area contributed by atoms with Crippen LogP contribution in [0.15, 0.2) is 51.7 Å². The lowest BCUT2D eigenvalue weighted by Crippen LogP contribution is -2.37. The van der Waals surface area contributed by atoms with Crippen LogP contribution in [0.4, 0.5) is 5.69 Å². The average Bonchev–Trinajstić information content (AvgIpc) is 3.78. The van der Waals surface area contributed by atoms with Gasteiger partial charge in [-0.2, -0.15) is 0 Å². The van der Waals surface area contributed by atoms with Crippen LogP contribution in [0, 0.1) is 0 Å². The quantitative estimate of drug-likeness (QED) is 0.134. The zero-order valence-electron chi connectivity index (χ0n) is 22.8. The third kappa shape index (κ3) is 7.38. The van der Waals surface area contributed by atoms with Gasteiger partial charge in [-0.05, 0) is 51.1 Å². The number of ketones is 1. The van der Waals surface area contributed by atoms with Crippen LogP contribution < -0.4 is 30.6 Å². The van der Waals surface area contributed by atoms with Crippen LogP contribution in [0.1, 0.15) is 41.5 Å². The molecule has 0 aliphatic carbocycles. The van der Waals surface area contributed by atoms with E-state index < -0.39 is 17.4 Å². The first kappa shape index (κ1) is 28.6. The summed E-state index contributed by atoms with van der Waals surface area (Å²) in [6.07, 6.45) is 0.0739. The molecule has 2 amide bonds. The molecule has 40 heavy (non-hydrogen) atoms. The summed E-state index contributed by atoms with van der Waals surface area (Å²) in [6.45, 7) is 8.00. The number of nitrogens with zero attached hydrogens (tertiary/aromatic N) is 1. The largest absolute Gasteiger partial charge is 0.491 e. The second-order valence-corrected chi connectivity index (χ2v) is 9.22. The van der Waals surface area contributed by atoms with Crippen molar-refractivity contribution >= 4 is 34.3 Å². The van der Waals surface area contributed by atoms with E-state index in [-0.39, 0.29) is 42.9 Å². The number of benzene rings is 2. The molecule has 2 aromatic carbocycles. The van der Waals surface area contributed by atoms with Gasteiger partial charge in [-0.1, -0.05) is 0 Å². The number of hydrogen-bond acceptors (Lipinski definition) is 9. The molecule has 11 nitrogen and oxygen atoms in total. The summed E-state index contributed by atoms with van der Waals surface area (Å²) in [5.41, 5.74) is 0.801. The predicted molar refractivity (Wildman–Crippen MR) is 149 cm³/mol. The van der Waals surface area contributed by atoms with E-state index in [0.717, 1.165) is 18.8 Å². The highest BCUT2D eigenvalue weighted by atomic mass is 16.6. The Bertz CT molecular complexity index is 1440. The summed E-state index contributed by atoms with van der Waals surface area (Å²) in [4.78, 5) is 51.4. The molecule has 1 fully saturated rings. The van der Waals surface area contributed by atoms with Crippen LogP contribution >= 0.6 is 0 Å². The molecule has 0 spiro atoms. The van der Waals surface area contributed by atoms with E-state index in [1.807, 2.05) is 26.0 Å². The van der Waals surface area contributed by atoms with Crippen molar-refractivity contribution in [2.45, 2.75) is 26.9 Å². The Hall–Kier alpha value is -4.38. The first-order chi connectivity index (χ1) is 19.3. The van der Waals surface area contributed by atoms with Crippen molar-refractivity contribution in [1.29, 1.82) is 0 Å². The van der Waals surface area contributed by atoms with Crippen LogP contribution in [0.3, 0.4) is 0 Å². The number of anilines is 1. The van der Waals surface area contributed by atoms with Gasteiger partial charge in [0.25, 0.3) is 11.8 Å². The Morgan fingerprint density at radius 1 is 0.975 bits per heavy atom. The number of amides is 2. The average molecular weight is 552 g/mol. The number of ether oxygens (including phenoxy) is 3. The maximum Gasteiger partial charge on any atom is 0.349 e. The topological polar surface area (TPSA) is 140 Å². The molecule has 1 aliphatic rings. The third-order valence-electron chi connectivity index (χ3n) is 6.35. The minimum atomic E-state index is -0.740. The molecule has 0 bridgehead atoms. The fraction of sp³-hybridized carbons (Fsp3) is 0.379. The minimum Gasteiger partial charge on any atom is -0.491 e. The van der Waals surface area contributed by atoms with Gasteiger partial charge in [-0.15, -0.1) is 0 Å². The monoisotopic (exact) mass is 551 g/mol. The van der Waals surface area contributed by atoms with Crippen LogP contribution in [0.25, 0.3) is 11.0 Å². The molecule has 1 atom stereocenters. The third-order valence-corrected chi connectivity index (χ3v) is 6.35. The van der Waals surface area contributed by atoms with Crippen LogP contribution in [0.2, 0.25) is 0 Å². The molecule has 3 aromatic rings. The van der Waals surface area contributed by atoms with Gasteiger partial charge in [0.2, 0.25) is 0 Å². The predicted octanol–water partition coefficient (Wildman–Crippen LogP) is 2.54. The van der Waals surface area contributed by atoms with Gasteiger partial charge in [-0.3, -0.25) is 14.4 Å². The number of rotatable bonds is 14. The van der Waals surface area contributed by atoms with Gasteiger partial charge in [0, 0.05) is 49.4 Å². The summed E-state index contributed by atoms with van der Waals surface area (Å²) in [7, 11) is 0. The fourth-order valence-electron chi connectivity index (χ4n) is 4.07. The molecule has 2 heterocycles. The van der Waals surface area contributed by atoms with Gasteiger partial charge >= 0.3 is 5.63 Å². The normalized spacial score (nSPS) is 13.9. The van der Waals surface area contributed by atoms with E-state index in [1.54, 1.807) is 24.3 Å². The molecular formula is C29H33N3O8. The maximum absolute atomic E-state index is 12.6. The van der Waals surface area contributed by atoms with E-state index in [9.17, 15) is 19.2 Å². The minimum absolute atomic E-state index is 0.0739. The second-order valence-electron chi connectivity index (χ2n) is 9.22. The zero-order valence-corrected chi connectivity index (χ0v) is 22.8. The highest BCUT2D eigenvalue weighted by molar-refractivity contribution is 5.97. The number of carbonyl (C=O) groups is 3. The van der Waals surface area contributed by atoms with E-state index in [2.05, 4.69) is 15.5 Å². The van der Waals surface area contributed by atoms with Crippen molar-refractivity contribution < 1.29 is 33.0 Å². The summed E-state index contributed by atoms with van der Waals surface area (Å²) in [6, 6.07) is 11.8. The zero-order chi connectivity index (χ0) is 28.6. The summed E-state index contributed by atoms with van der Waals surface area (Å²) >= 11 is 0. The summed E-state index contributed by atoms with van der Waals surface area (Å²) < 4.78 is 21.7. The van der Waals surface area contributed by atoms with Gasteiger partial charge in [0.05, 0.1) is 12.2 Å². The fourth-order valence-corrected chi connectivity index (χ4v) is 4.07. The molecule has 0 saturated carbocycles. The first-order valence-electron chi connectivity index (χ1n) is 13.2. The number of Topliss-reactive ketones (excluding diaryl/α,β-unsaturated/α-hetero) is 1. The Labute approximate surface area is 231 Å². The maximum atomic E-state index is 12.6. The van der Waals surface area contributed by atoms with E-state index in [0.29, 0.717) is 35.5 Å². The Kier molecular flexibility index (Phi) is 9.39. The van der Waals surface area contributed by atoms with Crippen molar-refractivity contribution in [3.63, 3.8) is 0 Å². The number of fused-ring (bicyclic) bond motifs is 1. The number of hydrogen-bond donors (Lipinski definition) is 2. The molecule has 11 heteroatoms. The molecule has 1 unspecified atom stereocenters. The van der Waals surface area contributed by atoms with Gasteiger partial charge < -0.3 is 34.2 Å². The van der Waals surface area contributed by atoms with E-state index in [4.69, 9.17) is 18.6 Å². The lowest BCUT2D eigenvalue weighted by atomic mass is 10.1. The van der Waals surface area contributed by atoms with Crippen molar-refractivity contribution in [2.24, 2.45) is 0 Å². The molecule has 0 radical (unpaired) electrons. The Morgan fingerprint density at radius 3 is 2.42 bits per heavy atom. The molecule has 1 aliphatic heterocycles. The molecule has 4 rings (SSSR count). The number of nitrogens with one attached hydrogen (secondary N) is 2. The van der Waals surface area contributed by atoms with Gasteiger partial charge in [0.1, 0.15) is 35.4 Å². The summed E-state index contributed by atoms with van der Waals surface area (Å²) in [5.74, 6) is -0.527. The van der Waals surface area contributed by atoms with Crippen molar-refractivity contribution in [1.82, 2.24) is 10.6 Å². The molecule has 212 valence electrons. The highest BCUT2D eigenvalue weighted by Crippen LogP contribution is 2.26. The highest BCUT2D eigenvalue weighted by Gasteiger charge is 2.23. The van der Waals surface area contributed by atoms with Crippen LogP contribution in [-0.4, -0.2) is 69.7 Å². The second kappa shape index (κ2) is 13.1. The van der Waals surface area contributed by atoms with Crippen molar-refractivity contribution in [3.05, 3.63) is 64.0 Å². The SMILES string of the molecule is CCN(CC)c1ccc2cc(C(=O)NCCNC(=O)COc3cc(OCC4CO4)ccc3C(C)=O)c(=O)oc2c1. The Morgan fingerprint density at radius 2 is 1.73 bits per heavy atom. The first-order valence-corrected chi connectivity index (χ1v) is 13.2. The lowest BCUT2D eigenvalue weighted by Gasteiger charge is -2.21. The number of carbonyl (C=O) groups excluding carboxylic acids is 3. The van der Waals surface area contributed by atoms with Crippen LogP contribution in [-0.2, 0) is 9.53 Å². The van der Waals surface area contributed by atoms with E-state index >= 15 is 0 Å². The summed E-state index contributed by atoms with van der Waals surface area (Å²) in [5, 5.41) is 5.86. The van der Waals surface area contributed by atoms with E-state index in [1.165, 1.54) is 13.0 Å². The number of epoxide rings is 1.